The first-order chi connectivity index (χ1) is 6.74. The van der Waals surface area contributed by atoms with Gasteiger partial charge in [-0.3, -0.25) is 9.71 Å². The van der Waals surface area contributed by atoms with Crippen LogP contribution in [0.5, 0.6) is 0 Å². The second-order valence-electron chi connectivity index (χ2n) is 4.41. The molecular formula is C10H16N2O2S. The Morgan fingerprint density at radius 1 is 1.33 bits per heavy atom. The molecule has 0 spiro atoms. The molecule has 0 aliphatic heterocycles. The number of nitrogens with zero attached hydrogens (tertiary/aromatic N) is 1. The summed E-state index contributed by atoms with van der Waals surface area (Å²) < 4.78 is 25.4. The van der Waals surface area contributed by atoms with Gasteiger partial charge in [0.05, 0.1) is 10.4 Å². The molecule has 1 aromatic heterocycles. The van der Waals surface area contributed by atoms with Gasteiger partial charge in [0.15, 0.2) is 0 Å². The van der Waals surface area contributed by atoms with E-state index in [9.17, 15) is 8.42 Å². The average molecular weight is 228 g/mol. The Balaban J connectivity index is 3.03. The summed E-state index contributed by atoms with van der Waals surface area (Å²) in [7, 11) is -3.35. The molecule has 0 radical (unpaired) electrons. The van der Waals surface area contributed by atoms with Gasteiger partial charge in [0.25, 0.3) is 0 Å². The van der Waals surface area contributed by atoms with Gasteiger partial charge in [-0.25, -0.2) is 8.42 Å². The lowest BCUT2D eigenvalue weighted by Crippen LogP contribution is -2.33. The van der Waals surface area contributed by atoms with E-state index in [0.29, 0.717) is 5.69 Å². The van der Waals surface area contributed by atoms with Crippen molar-refractivity contribution in [3.8, 4) is 0 Å². The maximum absolute atomic E-state index is 11.8. The number of hydrogen-bond donors (Lipinski definition) is 1. The quantitative estimate of drug-likeness (QED) is 0.841. The number of sulfonamides is 1. The topological polar surface area (TPSA) is 59.1 Å². The third kappa shape index (κ3) is 2.68. The van der Waals surface area contributed by atoms with Crippen LogP contribution in [-0.2, 0) is 10.0 Å². The highest BCUT2D eigenvalue weighted by Crippen LogP contribution is 2.20. The van der Waals surface area contributed by atoms with Crippen LogP contribution in [0.3, 0.4) is 0 Å². The Hall–Kier alpha value is -1.10. The Labute approximate surface area is 90.8 Å². The summed E-state index contributed by atoms with van der Waals surface area (Å²) in [5.74, 6) is 0. The van der Waals surface area contributed by atoms with E-state index < -0.39 is 14.8 Å². The standard InChI is InChI=1S/C10H16N2O2S/c1-8-7-11-6-5-9(8)12-15(13,14)10(2,3)4/h5-7H,1-4H3,(H,11,12). The molecule has 1 rings (SSSR count). The molecule has 0 bridgehead atoms. The van der Waals surface area contributed by atoms with Crippen molar-refractivity contribution in [1.29, 1.82) is 0 Å². The van der Waals surface area contributed by atoms with Crippen LogP contribution in [0.1, 0.15) is 26.3 Å². The first kappa shape index (κ1) is 12.0. The number of nitrogens with one attached hydrogen (secondary N) is 1. The molecule has 1 N–H and O–H groups in total. The Bertz CT molecular complexity index is 447. The average Bonchev–Trinajstić information content (AvgIpc) is 2.06. The fourth-order valence-electron chi connectivity index (χ4n) is 0.886. The highest BCUT2D eigenvalue weighted by Gasteiger charge is 2.29. The van der Waals surface area contributed by atoms with Crippen LogP contribution in [0, 0.1) is 6.92 Å². The van der Waals surface area contributed by atoms with Crippen molar-refractivity contribution >= 4 is 15.7 Å². The minimum atomic E-state index is -3.35. The predicted molar refractivity (Wildman–Crippen MR) is 61.3 cm³/mol. The molecule has 1 heterocycles. The third-order valence-electron chi connectivity index (χ3n) is 2.07. The number of anilines is 1. The summed E-state index contributed by atoms with van der Waals surface area (Å²) in [4.78, 5) is 3.90. The van der Waals surface area contributed by atoms with Crippen LogP contribution in [0.2, 0.25) is 0 Å². The van der Waals surface area contributed by atoms with Crippen LogP contribution >= 0.6 is 0 Å². The second kappa shape index (κ2) is 3.81. The zero-order valence-corrected chi connectivity index (χ0v) is 10.2. The molecule has 0 aliphatic carbocycles. The number of hydrogen-bond acceptors (Lipinski definition) is 3. The smallest absolute Gasteiger partial charge is 0.237 e. The SMILES string of the molecule is Cc1cnccc1NS(=O)(=O)C(C)(C)C. The van der Waals surface area contributed by atoms with E-state index >= 15 is 0 Å². The zero-order chi connectivity index (χ0) is 11.7. The van der Waals surface area contributed by atoms with Crippen molar-refractivity contribution in [2.75, 3.05) is 4.72 Å². The second-order valence-corrected chi connectivity index (χ2v) is 6.84. The first-order valence-corrected chi connectivity index (χ1v) is 6.15. The molecule has 84 valence electrons. The first-order valence-electron chi connectivity index (χ1n) is 4.67. The molecule has 0 unspecified atom stereocenters. The van der Waals surface area contributed by atoms with Crippen molar-refractivity contribution in [3.63, 3.8) is 0 Å². The van der Waals surface area contributed by atoms with Crippen molar-refractivity contribution in [2.24, 2.45) is 0 Å². The van der Waals surface area contributed by atoms with Gasteiger partial charge in [0, 0.05) is 12.4 Å². The molecule has 4 nitrogen and oxygen atoms in total. The monoisotopic (exact) mass is 228 g/mol. The van der Waals surface area contributed by atoms with Gasteiger partial charge < -0.3 is 0 Å². The van der Waals surface area contributed by atoms with Gasteiger partial charge in [-0.2, -0.15) is 0 Å². The molecule has 0 atom stereocenters. The number of aromatic nitrogens is 1. The maximum atomic E-state index is 11.8. The van der Waals surface area contributed by atoms with Crippen molar-refractivity contribution in [3.05, 3.63) is 24.0 Å². The molecule has 0 amide bonds. The van der Waals surface area contributed by atoms with Crippen LogP contribution in [0.25, 0.3) is 0 Å². The van der Waals surface area contributed by atoms with Gasteiger partial charge in [-0.15, -0.1) is 0 Å². The van der Waals surface area contributed by atoms with Crippen LogP contribution in [-0.4, -0.2) is 18.1 Å². The molecule has 0 aliphatic rings. The summed E-state index contributed by atoms with van der Waals surface area (Å²) in [6, 6.07) is 1.65. The number of pyridine rings is 1. The summed E-state index contributed by atoms with van der Waals surface area (Å²) in [5, 5.41) is 0. The van der Waals surface area contributed by atoms with E-state index in [1.54, 1.807) is 39.2 Å². The summed E-state index contributed by atoms with van der Waals surface area (Å²) in [6.07, 6.45) is 3.19. The van der Waals surface area contributed by atoms with Gasteiger partial charge in [-0.05, 0) is 39.3 Å². The van der Waals surface area contributed by atoms with Crippen LogP contribution in [0.4, 0.5) is 5.69 Å². The highest BCUT2D eigenvalue weighted by molar-refractivity contribution is 7.94. The molecular weight excluding hydrogens is 212 g/mol. The molecule has 15 heavy (non-hydrogen) atoms. The third-order valence-corrected chi connectivity index (χ3v) is 4.17. The summed E-state index contributed by atoms with van der Waals surface area (Å²) in [6.45, 7) is 6.79. The van der Waals surface area contributed by atoms with E-state index in [0.717, 1.165) is 5.56 Å². The number of aryl methyl sites for hydroxylation is 1. The largest absolute Gasteiger partial charge is 0.283 e. The van der Waals surface area contributed by atoms with E-state index in [1.165, 1.54) is 0 Å². The number of rotatable bonds is 2. The molecule has 0 fully saturated rings. The lowest BCUT2D eigenvalue weighted by atomic mass is 10.3. The van der Waals surface area contributed by atoms with Crippen LogP contribution in [0.15, 0.2) is 18.5 Å². The molecule has 0 saturated heterocycles. The zero-order valence-electron chi connectivity index (χ0n) is 9.40. The summed E-state index contributed by atoms with van der Waals surface area (Å²) in [5.41, 5.74) is 1.39. The van der Waals surface area contributed by atoms with E-state index in [-0.39, 0.29) is 0 Å². The molecule has 5 heteroatoms. The molecule has 1 aromatic rings. The van der Waals surface area contributed by atoms with Crippen LogP contribution < -0.4 is 4.72 Å². The molecule has 0 aromatic carbocycles. The van der Waals surface area contributed by atoms with Gasteiger partial charge >= 0.3 is 0 Å². The molecule has 0 saturated carbocycles. The van der Waals surface area contributed by atoms with Crippen molar-refractivity contribution < 1.29 is 8.42 Å². The fraction of sp³-hybridized carbons (Fsp3) is 0.500. The Morgan fingerprint density at radius 3 is 2.40 bits per heavy atom. The predicted octanol–water partition coefficient (Wildman–Crippen LogP) is 1.93. The Kier molecular flexibility index (Phi) is 3.04. The van der Waals surface area contributed by atoms with Crippen molar-refractivity contribution in [1.82, 2.24) is 4.98 Å². The van der Waals surface area contributed by atoms with E-state index in [2.05, 4.69) is 9.71 Å². The van der Waals surface area contributed by atoms with Gasteiger partial charge in [-0.1, -0.05) is 0 Å². The minimum Gasteiger partial charge on any atom is -0.283 e. The highest BCUT2D eigenvalue weighted by atomic mass is 32.2. The minimum absolute atomic E-state index is 0.583. The van der Waals surface area contributed by atoms with E-state index in [4.69, 9.17) is 0 Å². The van der Waals surface area contributed by atoms with Gasteiger partial charge in [0.2, 0.25) is 10.0 Å². The van der Waals surface area contributed by atoms with Crippen molar-refractivity contribution in [2.45, 2.75) is 32.4 Å². The lowest BCUT2D eigenvalue weighted by Gasteiger charge is -2.21. The van der Waals surface area contributed by atoms with Gasteiger partial charge in [0.1, 0.15) is 0 Å². The fourth-order valence-corrected chi connectivity index (χ4v) is 1.71. The summed E-state index contributed by atoms with van der Waals surface area (Å²) >= 11 is 0. The normalized spacial score (nSPS) is 12.5. The van der Waals surface area contributed by atoms with E-state index in [1.807, 2.05) is 6.92 Å². The maximum Gasteiger partial charge on any atom is 0.237 e. The Morgan fingerprint density at radius 2 is 1.93 bits per heavy atom. The lowest BCUT2D eigenvalue weighted by molar-refractivity contribution is 0.566.